The predicted octanol–water partition coefficient (Wildman–Crippen LogP) is 2.76. The third kappa shape index (κ3) is 4.69. The fourth-order valence-corrected chi connectivity index (χ4v) is 2.25. The normalized spacial score (nSPS) is 12.9. The van der Waals surface area contributed by atoms with Crippen molar-refractivity contribution in [3.8, 4) is 0 Å². The Morgan fingerprint density at radius 2 is 1.92 bits per heavy atom. The molecule has 132 valence electrons. The fraction of sp³-hybridized carbons (Fsp3) is 0.278. The molecule has 1 heterocycles. The van der Waals surface area contributed by atoms with E-state index in [1.165, 1.54) is 18.4 Å². The molecule has 1 aromatic heterocycles. The van der Waals surface area contributed by atoms with Crippen LogP contribution >= 0.6 is 0 Å². The molecule has 0 saturated heterocycles. The number of carbonyl (C=O) groups is 3. The summed E-state index contributed by atoms with van der Waals surface area (Å²) < 4.78 is 5.01. The number of amides is 2. The predicted molar refractivity (Wildman–Crippen MR) is 91.4 cm³/mol. The van der Waals surface area contributed by atoms with Gasteiger partial charge in [0, 0.05) is 11.3 Å². The second-order valence-corrected chi connectivity index (χ2v) is 5.69. The van der Waals surface area contributed by atoms with Crippen molar-refractivity contribution in [3.63, 3.8) is 0 Å². The standard InChI is InChI=1S/C18H20N2O5/c1-3-11(2)15(18(23)24)20-16(21)12-6-4-7-13(10-12)19-17(22)14-8-5-9-25-14/h4-11,15H,3H2,1-2H3,(H,19,22)(H,20,21)(H,23,24). The number of hydrogen-bond donors (Lipinski definition) is 3. The van der Waals surface area contributed by atoms with Gasteiger partial charge in [-0.2, -0.15) is 0 Å². The molecule has 25 heavy (non-hydrogen) atoms. The molecule has 2 atom stereocenters. The number of carbonyl (C=O) groups excluding carboxylic acids is 2. The Morgan fingerprint density at radius 1 is 1.16 bits per heavy atom. The molecule has 0 spiro atoms. The third-order valence-electron chi connectivity index (χ3n) is 3.89. The highest BCUT2D eigenvalue weighted by Crippen LogP contribution is 2.14. The number of carboxylic acid groups (broad SMARTS) is 1. The lowest BCUT2D eigenvalue weighted by molar-refractivity contribution is -0.140. The van der Waals surface area contributed by atoms with Gasteiger partial charge in [-0.1, -0.05) is 26.3 Å². The second kappa shape index (κ2) is 8.14. The van der Waals surface area contributed by atoms with Gasteiger partial charge in [-0.05, 0) is 36.2 Å². The highest BCUT2D eigenvalue weighted by atomic mass is 16.4. The van der Waals surface area contributed by atoms with Crippen LogP contribution in [0.2, 0.25) is 0 Å². The van der Waals surface area contributed by atoms with Crippen molar-refractivity contribution in [2.75, 3.05) is 5.32 Å². The van der Waals surface area contributed by atoms with Gasteiger partial charge in [0.05, 0.1) is 6.26 Å². The minimum atomic E-state index is -1.08. The van der Waals surface area contributed by atoms with Crippen LogP contribution in [0.5, 0.6) is 0 Å². The minimum absolute atomic E-state index is 0.151. The van der Waals surface area contributed by atoms with Crippen molar-refractivity contribution >= 4 is 23.5 Å². The summed E-state index contributed by atoms with van der Waals surface area (Å²) in [7, 11) is 0. The highest BCUT2D eigenvalue weighted by molar-refractivity contribution is 6.03. The molecule has 2 aromatic rings. The molecule has 0 aliphatic heterocycles. The number of anilines is 1. The summed E-state index contributed by atoms with van der Waals surface area (Å²) in [6.07, 6.45) is 2.01. The Kier molecular flexibility index (Phi) is 5.94. The van der Waals surface area contributed by atoms with E-state index in [4.69, 9.17) is 4.42 Å². The summed E-state index contributed by atoms with van der Waals surface area (Å²) in [5.74, 6) is -2.08. The van der Waals surface area contributed by atoms with Crippen molar-refractivity contribution in [1.29, 1.82) is 0 Å². The molecule has 0 saturated carbocycles. The van der Waals surface area contributed by atoms with Gasteiger partial charge in [0.15, 0.2) is 5.76 Å². The number of hydrogen-bond acceptors (Lipinski definition) is 4. The van der Waals surface area contributed by atoms with Crippen LogP contribution in [0.4, 0.5) is 5.69 Å². The molecule has 2 unspecified atom stereocenters. The zero-order chi connectivity index (χ0) is 18.4. The molecule has 0 fully saturated rings. The number of rotatable bonds is 7. The summed E-state index contributed by atoms with van der Waals surface area (Å²) in [4.78, 5) is 35.6. The van der Waals surface area contributed by atoms with Crippen LogP contribution in [0.15, 0.2) is 47.1 Å². The van der Waals surface area contributed by atoms with Gasteiger partial charge in [0.1, 0.15) is 6.04 Å². The summed E-state index contributed by atoms with van der Waals surface area (Å²) in [5, 5.41) is 14.4. The smallest absolute Gasteiger partial charge is 0.326 e. The first-order chi connectivity index (χ1) is 11.9. The maximum absolute atomic E-state index is 12.3. The van der Waals surface area contributed by atoms with Crippen molar-refractivity contribution in [1.82, 2.24) is 5.32 Å². The van der Waals surface area contributed by atoms with E-state index in [1.807, 2.05) is 6.92 Å². The van der Waals surface area contributed by atoms with Gasteiger partial charge in [-0.3, -0.25) is 9.59 Å². The second-order valence-electron chi connectivity index (χ2n) is 5.69. The molecule has 2 amide bonds. The van der Waals surface area contributed by atoms with E-state index in [1.54, 1.807) is 31.2 Å². The molecular formula is C18H20N2O5. The number of aliphatic carboxylic acids is 1. The van der Waals surface area contributed by atoms with Crippen LogP contribution in [0.3, 0.4) is 0 Å². The monoisotopic (exact) mass is 344 g/mol. The molecule has 7 heteroatoms. The maximum Gasteiger partial charge on any atom is 0.326 e. The van der Waals surface area contributed by atoms with E-state index >= 15 is 0 Å². The van der Waals surface area contributed by atoms with Gasteiger partial charge < -0.3 is 20.2 Å². The molecule has 0 aliphatic rings. The van der Waals surface area contributed by atoms with Crippen LogP contribution in [0.25, 0.3) is 0 Å². The molecule has 0 radical (unpaired) electrons. The zero-order valence-electron chi connectivity index (χ0n) is 14.0. The summed E-state index contributed by atoms with van der Waals surface area (Å²) in [5.41, 5.74) is 0.663. The lowest BCUT2D eigenvalue weighted by atomic mass is 9.99. The van der Waals surface area contributed by atoms with Gasteiger partial charge in [0.25, 0.3) is 11.8 Å². The lowest BCUT2D eigenvalue weighted by Gasteiger charge is -2.20. The quantitative estimate of drug-likeness (QED) is 0.715. The molecule has 1 aromatic carbocycles. The van der Waals surface area contributed by atoms with Gasteiger partial charge in [-0.15, -0.1) is 0 Å². The summed E-state index contributed by atoms with van der Waals surface area (Å²) >= 11 is 0. The van der Waals surface area contributed by atoms with Crippen LogP contribution in [0, 0.1) is 5.92 Å². The number of furan rings is 1. The van der Waals surface area contributed by atoms with Crippen LogP contribution < -0.4 is 10.6 Å². The first-order valence-electron chi connectivity index (χ1n) is 7.91. The zero-order valence-corrected chi connectivity index (χ0v) is 14.0. The van der Waals surface area contributed by atoms with E-state index < -0.39 is 23.8 Å². The van der Waals surface area contributed by atoms with E-state index in [9.17, 15) is 19.5 Å². The first kappa shape index (κ1) is 18.3. The molecule has 2 rings (SSSR count). The van der Waals surface area contributed by atoms with E-state index in [0.717, 1.165) is 0 Å². The van der Waals surface area contributed by atoms with Crippen molar-refractivity contribution < 1.29 is 23.9 Å². The number of nitrogens with one attached hydrogen (secondary N) is 2. The van der Waals surface area contributed by atoms with Crippen molar-refractivity contribution in [2.45, 2.75) is 26.3 Å². The molecule has 7 nitrogen and oxygen atoms in total. The van der Waals surface area contributed by atoms with E-state index in [2.05, 4.69) is 10.6 Å². The van der Waals surface area contributed by atoms with E-state index in [0.29, 0.717) is 12.1 Å². The Bertz CT molecular complexity index is 755. The third-order valence-corrected chi connectivity index (χ3v) is 3.89. The molecule has 0 bridgehead atoms. The lowest BCUT2D eigenvalue weighted by Crippen LogP contribution is -2.45. The number of carboxylic acids is 1. The minimum Gasteiger partial charge on any atom is -0.480 e. The van der Waals surface area contributed by atoms with Gasteiger partial charge in [0.2, 0.25) is 0 Å². The molecule has 0 aliphatic carbocycles. The fourth-order valence-electron chi connectivity index (χ4n) is 2.25. The van der Waals surface area contributed by atoms with Crippen LogP contribution in [0.1, 0.15) is 41.2 Å². The van der Waals surface area contributed by atoms with Gasteiger partial charge >= 0.3 is 5.97 Å². The topological polar surface area (TPSA) is 109 Å². The van der Waals surface area contributed by atoms with E-state index in [-0.39, 0.29) is 17.2 Å². The number of benzene rings is 1. The summed E-state index contributed by atoms with van der Waals surface area (Å²) in [6.45, 7) is 3.62. The average molecular weight is 344 g/mol. The summed E-state index contributed by atoms with van der Waals surface area (Å²) in [6, 6.07) is 8.40. The Morgan fingerprint density at radius 3 is 2.52 bits per heavy atom. The Labute approximate surface area is 145 Å². The Balaban J connectivity index is 2.10. The largest absolute Gasteiger partial charge is 0.480 e. The van der Waals surface area contributed by atoms with Crippen LogP contribution in [-0.2, 0) is 4.79 Å². The highest BCUT2D eigenvalue weighted by Gasteiger charge is 2.25. The van der Waals surface area contributed by atoms with Crippen molar-refractivity contribution in [3.05, 3.63) is 54.0 Å². The molecule has 3 N–H and O–H groups in total. The SMILES string of the molecule is CCC(C)C(NC(=O)c1cccc(NC(=O)c2ccco2)c1)C(=O)O. The maximum atomic E-state index is 12.3. The average Bonchev–Trinajstić information content (AvgIpc) is 3.13. The van der Waals surface area contributed by atoms with Crippen LogP contribution in [-0.4, -0.2) is 28.9 Å². The van der Waals surface area contributed by atoms with Crippen molar-refractivity contribution in [2.24, 2.45) is 5.92 Å². The molecular weight excluding hydrogens is 324 g/mol. The van der Waals surface area contributed by atoms with Gasteiger partial charge in [-0.25, -0.2) is 4.79 Å². The Hall–Kier alpha value is -3.09. The first-order valence-corrected chi connectivity index (χ1v) is 7.91.